The zero-order chi connectivity index (χ0) is 14.9. The Morgan fingerprint density at radius 2 is 1.95 bits per heavy atom. The number of benzene rings is 1. The third-order valence-corrected chi connectivity index (χ3v) is 5.03. The minimum Gasteiger partial charge on any atom is -0.497 e. The second kappa shape index (κ2) is 5.85. The van der Waals surface area contributed by atoms with Gasteiger partial charge >= 0.3 is 0 Å². The van der Waals surface area contributed by atoms with Crippen LogP contribution in [0, 0.1) is 6.92 Å². The maximum Gasteiger partial charge on any atom is 0.205 e. The minimum atomic E-state index is -0.140. The van der Waals surface area contributed by atoms with Gasteiger partial charge in [-0.3, -0.25) is 4.79 Å². The van der Waals surface area contributed by atoms with E-state index in [-0.39, 0.29) is 5.78 Å². The first kappa shape index (κ1) is 14.9. The van der Waals surface area contributed by atoms with E-state index in [1.807, 2.05) is 13.0 Å². The maximum atomic E-state index is 12.6. The summed E-state index contributed by atoms with van der Waals surface area (Å²) in [5, 5.41) is 0. The fourth-order valence-corrected chi connectivity index (χ4v) is 3.27. The third kappa shape index (κ3) is 2.66. The highest BCUT2D eigenvalue weighted by Gasteiger charge is 2.19. The second-order valence-corrected chi connectivity index (χ2v) is 6.56. The van der Waals surface area contributed by atoms with Gasteiger partial charge in [-0.1, -0.05) is 0 Å². The highest BCUT2D eigenvalue weighted by molar-refractivity contribution is 9.11. The molecule has 1 aromatic carbocycles. The molecule has 0 atom stereocenters. The van der Waals surface area contributed by atoms with Crippen LogP contribution >= 0.6 is 27.3 Å². The monoisotopic (exact) mass is 355 g/mol. The third-order valence-electron chi connectivity index (χ3n) is 2.90. The molecule has 1 heterocycles. The number of nitrogen functional groups attached to an aromatic ring is 1. The summed E-state index contributed by atoms with van der Waals surface area (Å²) < 4.78 is 11.3. The molecule has 106 valence electrons. The van der Waals surface area contributed by atoms with Gasteiger partial charge in [0.2, 0.25) is 5.78 Å². The largest absolute Gasteiger partial charge is 0.497 e. The molecular formula is C14H14BrNO3S. The molecule has 4 nitrogen and oxygen atoms in total. The van der Waals surface area contributed by atoms with Crippen LogP contribution in [0.15, 0.2) is 22.0 Å². The highest BCUT2D eigenvalue weighted by atomic mass is 79.9. The molecule has 0 fully saturated rings. The number of hydrogen-bond donors (Lipinski definition) is 1. The fourth-order valence-electron chi connectivity index (χ4n) is 1.78. The van der Waals surface area contributed by atoms with Crippen LogP contribution in [0.3, 0.4) is 0 Å². The van der Waals surface area contributed by atoms with Gasteiger partial charge in [0.15, 0.2) is 0 Å². The van der Waals surface area contributed by atoms with Crippen LogP contribution in [0.2, 0.25) is 0 Å². The Morgan fingerprint density at radius 3 is 2.45 bits per heavy atom. The molecule has 1 aromatic heterocycles. The van der Waals surface area contributed by atoms with Crippen molar-refractivity contribution in [1.82, 2.24) is 0 Å². The van der Waals surface area contributed by atoms with E-state index in [4.69, 9.17) is 15.2 Å². The molecule has 0 aliphatic rings. The molecule has 2 N–H and O–H groups in total. The van der Waals surface area contributed by atoms with Gasteiger partial charge in [-0.05, 0) is 40.5 Å². The van der Waals surface area contributed by atoms with E-state index in [2.05, 4.69) is 15.9 Å². The number of carbonyl (C=O) groups excluding carboxylic acids is 1. The predicted molar refractivity (Wildman–Crippen MR) is 84.1 cm³/mol. The molecule has 0 spiro atoms. The number of carbonyl (C=O) groups is 1. The molecule has 0 amide bonds. The van der Waals surface area contributed by atoms with Gasteiger partial charge in [-0.25, -0.2) is 0 Å². The highest BCUT2D eigenvalue weighted by Crippen LogP contribution is 2.35. The predicted octanol–water partition coefficient (Wildman–Crippen LogP) is 3.65. The Kier molecular flexibility index (Phi) is 4.35. The summed E-state index contributed by atoms with van der Waals surface area (Å²) >= 11 is 4.80. The fraction of sp³-hybridized carbons (Fsp3) is 0.214. The summed E-state index contributed by atoms with van der Waals surface area (Å²) in [6, 6.07) is 5.12. The number of rotatable bonds is 4. The Labute approximate surface area is 129 Å². The van der Waals surface area contributed by atoms with Crippen molar-refractivity contribution in [3.8, 4) is 11.5 Å². The number of halogens is 1. The zero-order valence-corrected chi connectivity index (χ0v) is 13.7. The Morgan fingerprint density at radius 1 is 1.25 bits per heavy atom. The first-order chi connectivity index (χ1) is 9.47. The van der Waals surface area contributed by atoms with Crippen LogP contribution in [0.5, 0.6) is 11.5 Å². The average molecular weight is 356 g/mol. The summed E-state index contributed by atoms with van der Waals surface area (Å²) in [5.74, 6) is 0.824. The first-order valence-electron chi connectivity index (χ1n) is 5.80. The molecule has 0 aliphatic heterocycles. The van der Waals surface area contributed by atoms with Crippen LogP contribution in [0.25, 0.3) is 0 Å². The summed E-state index contributed by atoms with van der Waals surface area (Å²) in [4.78, 5) is 13.2. The molecule has 2 aromatic rings. The number of anilines is 1. The van der Waals surface area contributed by atoms with E-state index < -0.39 is 0 Å². The van der Waals surface area contributed by atoms with Gasteiger partial charge in [0.05, 0.1) is 34.1 Å². The molecule has 2 rings (SSSR count). The van der Waals surface area contributed by atoms with Crippen molar-refractivity contribution in [2.75, 3.05) is 20.0 Å². The Balaban J connectivity index is 2.53. The van der Waals surface area contributed by atoms with E-state index in [9.17, 15) is 4.79 Å². The zero-order valence-electron chi connectivity index (χ0n) is 11.3. The lowest BCUT2D eigenvalue weighted by Crippen LogP contribution is -2.06. The lowest BCUT2D eigenvalue weighted by molar-refractivity contribution is 0.104. The van der Waals surface area contributed by atoms with E-state index >= 15 is 0 Å². The van der Waals surface area contributed by atoms with Crippen molar-refractivity contribution >= 4 is 38.7 Å². The quantitative estimate of drug-likeness (QED) is 0.671. The standard InChI is InChI=1S/C14H14BrNO3S/c1-7-4-11(20-14(7)15)13(17)9-5-8(18-2)6-10(19-3)12(9)16/h4-6H,16H2,1-3H3. The van der Waals surface area contributed by atoms with Crippen molar-refractivity contribution in [3.05, 3.63) is 38.0 Å². The van der Waals surface area contributed by atoms with Crippen LogP contribution in [0.1, 0.15) is 20.8 Å². The number of hydrogen-bond acceptors (Lipinski definition) is 5. The summed E-state index contributed by atoms with van der Waals surface area (Å²) in [5.41, 5.74) is 7.72. The lowest BCUT2D eigenvalue weighted by Gasteiger charge is -2.11. The van der Waals surface area contributed by atoms with Crippen LogP contribution in [0.4, 0.5) is 5.69 Å². The van der Waals surface area contributed by atoms with Crippen LogP contribution < -0.4 is 15.2 Å². The average Bonchev–Trinajstić information content (AvgIpc) is 2.78. The first-order valence-corrected chi connectivity index (χ1v) is 7.41. The Bertz CT molecular complexity index is 647. The molecule has 20 heavy (non-hydrogen) atoms. The number of aryl methyl sites for hydroxylation is 1. The van der Waals surface area contributed by atoms with Crippen LogP contribution in [-0.4, -0.2) is 20.0 Å². The molecule has 0 unspecified atom stereocenters. The molecular weight excluding hydrogens is 342 g/mol. The summed E-state index contributed by atoms with van der Waals surface area (Å²) in [7, 11) is 3.04. The normalized spacial score (nSPS) is 10.4. The smallest absolute Gasteiger partial charge is 0.205 e. The molecule has 6 heteroatoms. The van der Waals surface area contributed by atoms with E-state index in [1.165, 1.54) is 25.6 Å². The van der Waals surface area contributed by atoms with Gasteiger partial charge in [-0.15, -0.1) is 11.3 Å². The second-order valence-electron chi connectivity index (χ2n) is 4.19. The molecule has 0 radical (unpaired) electrons. The van der Waals surface area contributed by atoms with Crippen molar-refractivity contribution in [2.24, 2.45) is 0 Å². The maximum absolute atomic E-state index is 12.6. The molecule has 0 bridgehead atoms. The SMILES string of the molecule is COc1cc(OC)c(N)c(C(=O)c2cc(C)c(Br)s2)c1. The van der Waals surface area contributed by atoms with Gasteiger partial charge in [0.1, 0.15) is 11.5 Å². The molecule has 0 aliphatic carbocycles. The van der Waals surface area contributed by atoms with Crippen molar-refractivity contribution < 1.29 is 14.3 Å². The number of thiophene rings is 1. The topological polar surface area (TPSA) is 61.6 Å². The number of ketones is 1. The van der Waals surface area contributed by atoms with Gasteiger partial charge in [0.25, 0.3) is 0 Å². The van der Waals surface area contributed by atoms with Gasteiger partial charge in [-0.2, -0.15) is 0 Å². The molecule has 0 saturated carbocycles. The summed E-state index contributed by atoms with van der Waals surface area (Å²) in [6.07, 6.45) is 0. The Hall–Kier alpha value is -1.53. The van der Waals surface area contributed by atoms with Crippen LogP contribution in [-0.2, 0) is 0 Å². The van der Waals surface area contributed by atoms with Gasteiger partial charge in [0, 0.05) is 6.07 Å². The van der Waals surface area contributed by atoms with Gasteiger partial charge < -0.3 is 15.2 Å². The minimum absolute atomic E-state index is 0.140. The lowest BCUT2D eigenvalue weighted by atomic mass is 10.1. The summed E-state index contributed by atoms with van der Waals surface area (Å²) in [6.45, 7) is 1.94. The number of ether oxygens (including phenoxy) is 2. The van der Waals surface area contributed by atoms with Crippen molar-refractivity contribution in [1.29, 1.82) is 0 Å². The van der Waals surface area contributed by atoms with E-state index in [0.717, 1.165) is 9.35 Å². The number of nitrogens with two attached hydrogens (primary N) is 1. The van der Waals surface area contributed by atoms with Crippen molar-refractivity contribution in [2.45, 2.75) is 6.92 Å². The molecule has 0 saturated heterocycles. The van der Waals surface area contributed by atoms with E-state index in [0.29, 0.717) is 27.6 Å². The van der Waals surface area contributed by atoms with Crippen molar-refractivity contribution in [3.63, 3.8) is 0 Å². The van der Waals surface area contributed by atoms with E-state index in [1.54, 1.807) is 12.1 Å². The number of methoxy groups -OCH3 is 2.